The molecule has 53 heavy (non-hydrogen) atoms. The molecular weight excluding hydrogens is 641 g/mol. The fourth-order valence-electron chi connectivity index (χ4n) is 9.81. The lowest BCUT2D eigenvalue weighted by molar-refractivity contribution is 0.795. The third-order valence-corrected chi connectivity index (χ3v) is 11.8. The number of aromatic nitrogens is 2. The van der Waals surface area contributed by atoms with Crippen molar-refractivity contribution in [2.24, 2.45) is 0 Å². The highest BCUT2D eigenvalue weighted by atomic mass is 14.9. The quantitative estimate of drug-likeness (QED) is 0.187. The van der Waals surface area contributed by atoms with Crippen molar-refractivity contribution in [1.29, 1.82) is 0 Å². The fraction of sp³-hybridized carbons (Fsp3) is 0.0196. The minimum Gasteiger partial charge on any atom is -0.228 e. The fourth-order valence-corrected chi connectivity index (χ4v) is 9.81. The molecule has 0 amide bonds. The van der Waals surface area contributed by atoms with Crippen molar-refractivity contribution in [2.45, 2.75) is 5.41 Å². The summed E-state index contributed by atoms with van der Waals surface area (Å²) in [6, 6.07) is 66.4. The molecule has 1 aromatic heterocycles. The molecule has 244 valence electrons. The number of nitrogens with zero attached hydrogens (tertiary/aromatic N) is 2. The van der Waals surface area contributed by atoms with Gasteiger partial charge in [-0.15, -0.1) is 0 Å². The van der Waals surface area contributed by atoms with E-state index in [9.17, 15) is 0 Å². The van der Waals surface area contributed by atoms with E-state index in [-0.39, 0.29) is 0 Å². The Morgan fingerprint density at radius 2 is 0.849 bits per heavy atom. The van der Waals surface area contributed by atoms with Crippen LogP contribution in [0.15, 0.2) is 182 Å². The highest BCUT2D eigenvalue weighted by molar-refractivity contribution is 6.21. The second-order valence-corrected chi connectivity index (χ2v) is 14.4. The van der Waals surface area contributed by atoms with Crippen LogP contribution in [-0.2, 0) is 5.41 Å². The van der Waals surface area contributed by atoms with Crippen molar-refractivity contribution >= 4 is 10.8 Å². The van der Waals surface area contributed by atoms with Gasteiger partial charge in [-0.1, -0.05) is 170 Å². The van der Waals surface area contributed by atoms with Gasteiger partial charge in [0.1, 0.15) is 0 Å². The maximum Gasteiger partial charge on any atom is 0.160 e. The summed E-state index contributed by atoms with van der Waals surface area (Å²) in [7, 11) is 0. The molecule has 1 heterocycles. The zero-order chi connectivity index (χ0) is 34.7. The summed E-state index contributed by atoms with van der Waals surface area (Å²) in [5.41, 5.74) is 20.3. The first-order valence-electron chi connectivity index (χ1n) is 18.3. The molecule has 0 radical (unpaired) electrons. The highest BCUT2D eigenvalue weighted by Crippen LogP contribution is 2.66. The van der Waals surface area contributed by atoms with Crippen molar-refractivity contribution in [3.63, 3.8) is 0 Å². The van der Waals surface area contributed by atoms with E-state index < -0.39 is 5.41 Å². The summed E-state index contributed by atoms with van der Waals surface area (Å²) in [6.45, 7) is 0. The van der Waals surface area contributed by atoms with Gasteiger partial charge in [-0.25, -0.2) is 9.97 Å². The molecular formula is C51H30N2. The van der Waals surface area contributed by atoms with Crippen LogP contribution < -0.4 is 0 Å². The highest BCUT2D eigenvalue weighted by Gasteiger charge is 2.53. The Hall–Kier alpha value is -6.90. The molecule has 1 unspecified atom stereocenters. The van der Waals surface area contributed by atoms with Gasteiger partial charge in [0.25, 0.3) is 0 Å². The van der Waals surface area contributed by atoms with E-state index in [4.69, 9.17) is 9.97 Å². The predicted molar refractivity (Wildman–Crippen MR) is 217 cm³/mol. The van der Waals surface area contributed by atoms with Crippen molar-refractivity contribution in [2.75, 3.05) is 0 Å². The van der Waals surface area contributed by atoms with Gasteiger partial charge in [-0.2, -0.15) is 0 Å². The lowest BCUT2D eigenvalue weighted by atomic mass is 9.70. The Kier molecular flexibility index (Phi) is 5.73. The average Bonchev–Trinajstić information content (AvgIpc) is 3.84. The van der Waals surface area contributed by atoms with Gasteiger partial charge in [0.2, 0.25) is 0 Å². The molecule has 0 bridgehead atoms. The molecule has 2 nitrogen and oxygen atoms in total. The Labute approximate surface area is 307 Å². The largest absolute Gasteiger partial charge is 0.228 e. The molecule has 0 saturated heterocycles. The van der Waals surface area contributed by atoms with E-state index in [0.29, 0.717) is 0 Å². The van der Waals surface area contributed by atoms with Crippen LogP contribution in [-0.4, -0.2) is 9.97 Å². The average molecular weight is 671 g/mol. The van der Waals surface area contributed by atoms with E-state index in [0.717, 1.165) is 33.9 Å². The monoisotopic (exact) mass is 670 g/mol. The van der Waals surface area contributed by atoms with Crippen LogP contribution in [0.2, 0.25) is 0 Å². The Morgan fingerprint density at radius 1 is 0.321 bits per heavy atom. The van der Waals surface area contributed by atoms with E-state index in [1.165, 1.54) is 77.5 Å². The number of benzene rings is 8. The summed E-state index contributed by atoms with van der Waals surface area (Å²) in [5.74, 6) is 0.723. The molecule has 8 aromatic carbocycles. The minimum absolute atomic E-state index is 0.496. The smallest absolute Gasteiger partial charge is 0.160 e. The van der Waals surface area contributed by atoms with Crippen LogP contribution in [0.1, 0.15) is 22.3 Å². The maximum atomic E-state index is 5.34. The molecule has 1 atom stereocenters. The van der Waals surface area contributed by atoms with Crippen LogP contribution in [0, 0.1) is 0 Å². The molecule has 3 aliphatic carbocycles. The van der Waals surface area contributed by atoms with Crippen molar-refractivity contribution in [3.05, 3.63) is 204 Å². The summed E-state index contributed by atoms with van der Waals surface area (Å²) < 4.78 is 0. The van der Waals surface area contributed by atoms with E-state index >= 15 is 0 Å². The summed E-state index contributed by atoms with van der Waals surface area (Å²) in [5, 5.41) is 2.69. The minimum atomic E-state index is -0.496. The Bertz CT molecular complexity index is 2940. The van der Waals surface area contributed by atoms with E-state index in [1.54, 1.807) is 0 Å². The summed E-state index contributed by atoms with van der Waals surface area (Å²) >= 11 is 0. The predicted octanol–water partition coefficient (Wildman–Crippen LogP) is 12.6. The molecule has 9 aromatic rings. The molecule has 0 aliphatic heterocycles. The summed E-state index contributed by atoms with van der Waals surface area (Å²) in [4.78, 5) is 10.5. The second-order valence-electron chi connectivity index (χ2n) is 14.4. The number of hydrogen-bond donors (Lipinski definition) is 0. The van der Waals surface area contributed by atoms with Crippen LogP contribution in [0.3, 0.4) is 0 Å². The zero-order valence-corrected chi connectivity index (χ0v) is 28.7. The Balaban J connectivity index is 1.19. The lowest BCUT2D eigenvalue weighted by Crippen LogP contribution is -2.26. The molecule has 0 N–H and O–H groups in total. The maximum absolute atomic E-state index is 5.34. The van der Waals surface area contributed by atoms with Gasteiger partial charge < -0.3 is 0 Å². The van der Waals surface area contributed by atoms with Gasteiger partial charge in [0.05, 0.1) is 16.8 Å². The molecule has 0 fully saturated rings. The van der Waals surface area contributed by atoms with Gasteiger partial charge in [-0.05, 0) is 89.7 Å². The van der Waals surface area contributed by atoms with Crippen molar-refractivity contribution in [1.82, 2.24) is 9.97 Å². The topological polar surface area (TPSA) is 25.8 Å². The zero-order valence-electron chi connectivity index (χ0n) is 28.7. The van der Waals surface area contributed by atoms with E-state index in [1.807, 2.05) is 6.07 Å². The first-order chi connectivity index (χ1) is 26.3. The van der Waals surface area contributed by atoms with Crippen molar-refractivity contribution < 1.29 is 0 Å². The van der Waals surface area contributed by atoms with E-state index in [2.05, 4.69) is 176 Å². The summed E-state index contributed by atoms with van der Waals surface area (Å²) in [6.07, 6.45) is 0. The van der Waals surface area contributed by atoms with Gasteiger partial charge in [0.15, 0.2) is 5.82 Å². The molecule has 0 saturated carbocycles. The first kappa shape index (κ1) is 28.8. The third-order valence-electron chi connectivity index (χ3n) is 11.8. The van der Waals surface area contributed by atoms with Crippen molar-refractivity contribution in [3.8, 4) is 78.4 Å². The lowest BCUT2D eigenvalue weighted by Gasteiger charge is -2.31. The van der Waals surface area contributed by atoms with Gasteiger partial charge in [-0.3, -0.25) is 0 Å². The van der Waals surface area contributed by atoms with Crippen LogP contribution in [0.4, 0.5) is 0 Å². The molecule has 1 spiro atoms. The molecule has 12 rings (SSSR count). The molecule has 3 aliphatic rings. The standard InChI is InChI=1S/C51H30N2/c1-3-15-31(16-4-1)45-30-46(53-50(52-45)32-17-5-2-6-18-32)38-24-14-28-43-48(38)36-21-9-11-26-41(36)51(43)42-27-12-10-22-37(42)49-39-25-13-23-35-33-19-7-8-20-34(33)40(47(35)39)29-44(49)51/h1-30H. The van der Waals surface area contributed by atoms with Crippen LogP contribution in [0.5, 0.6) is 0 Å². The number of hydrogen-bond acceptors (Lipinski definition) is 2. The van der Waals surface area contributed by atoms with Gasteiger partial charge in [0, 0.05) is 16.7 Å². The third kappa shape index (κ3) is 3.72. The number of fused-ring (bicyclic) bond motifs is 14. The first-order valence-corrected chi connectivity index (χ1v) is 18.3. The second kappa shape index (κ2) is 10.6. The van der Waals surface area contributed by atoms with Gasteiger partial charge >= 0.3 is 0 Å². The Morgan fingerprint density at radius 3 is 1.58 bits per heavy atom. The normalized spacial score (nSPS) is 15.2. The SMILES string of the molecule is c1ccc(-c2cc(-c3cccc4c3-c3ccccc3C43c4ccccc4-c4c3cc3c5c(cccc45)-c4ccccc4-3)nc(-c3ccccc3)n2)cc1. The number of rotatable bonds is 3. The van der Waals surface area contributed by atoms with Crippen LogP contribution in [0.25, 0.3) is 89.2 Å². The van der Waals surface area contributed by atoms with Crippen LogP contribution >= 0.6 is 0 Å². The molecule has 2 heteroatoms.